The van der Waals surface area contributed by atoms with Gasteiger partial charge in [-0.2, -0.15) is 0 Å². The minimum Gasteiger partial charge on any atom is -0.492 e. The second-order valence-corrected chi connectivity index (χ2v) is 7.28. The van der Waals surface area contributed by atoms with E-state index < -0.39 is 5.60 Å². The Hall–Kier alpha value is -2.57. The first-order chi connectivity index (χ1) is 12.5. The third-order valence-corrected chi connectivity index (χ3v) is 5.32. The van der Waals surface area contributed by atoms with Gasteiger partial charge < -0.3 is 20.5 Å². The Morgan fingerprint density at radius 2 is 1.85 bits per heavy atom. The van der Waals surface area contributed by atoms with Crippen molar-refractivity contribution in [2.45, 2.75) is 12.5 Å². The van der Waals surface area contributed by atoms with E-state index in [-0.39, 0.29) is 12.6 Å². The summed E-state index contributed by atoms with van der Waals surface area (Å²) in [6, 6.07) is 19.0. The lowest BCUT2D eigenvalue weighted by atomic mass is 10.0. The number of carbonyl (C=O) groups excluding carboxylic acids is 1. The molecule has 0 saturated carbocycles. The van der Waals surface area contributed by atoms with E-state index in [1.165, 1.54) is 11.3 Å². The summed E-state index contributed by atoms with van der Waals surface area (Å²) in [6.07, 6.45) is 0. The Kier molecular flexibility index (Phi) is 5.75. The minimum atomic E-state index is -1.12. The quantitative estimate of drug-likeness (QED) is 0.558. The number of hydrogen-bond acceptors (Lipinski definition) is 4. The molecule has 1 heterocycles. The lowest BCUT2D eigenvalue weighted by Gasteiger charge is -2.22. The highest BCUT2D eigenvalue weighted by molar-refractivity contribution is 7.19. The molecule has 6 heteroatoms. The van der Waals surface area contributed by atoms with E-state index in [4.69, 9.17) is 4.74 Å². The largest absolute Gasteiger partial charge is 0.492 e. The monoisotopic (exact) mass is 370 g/mol. The van der Waals surface area contributed by atoms with E-state index in [9.17, 15) is 9.90 Å². The number of thiophene rings is 1. The van der Waals surface area contributed by atoms with E-state index in [2.05, 4.69) is 10.6 Å². The molecule has 0 fully saturated rings. The number of para-hydroxylation sites is 1. The van der Waals surface area contributed by atoms with E-state index in [0.717, 1.165) is 20.7 Å². The lowest BCUT2D eigenvalue weighted by molar-refractivity contribution is 0.0632. The molecule has 5 nitrogen and oxygen atoms in total. The molecule has 2 amide bonds. The summed E-state index contributed by atoms with van der Waals surface area (Å²) in [6.45, 7) is 2.59. The van der Waals surface area contributed by atoms with Crippen LogP contribution in [0.4, 0.5) is 4.79 Å². The number of nitrogens with one attached hydrogen (secondary N) is 2. The number of amides is 2. The van der Waals surface area contributed by atoms with Gasteiger partial charge in [0.05, 0.1) is 13.1 Å². The van der Waals surface area contributed by atoms with E-state index in [0.29, 0.717) is 13.2 Å². The molecule has 1 atom stereocenters. The summed E-state index contributed by atoms with van der Waals surface area (Å²) in [4.78, 5) is 12.7. The smallest absolute Gasteiger partial charge is 0.315 e. The maximum atomic E-state index is 11.9. The zero-order chi connectivity index (χ0) is 18.4. The Morgan fingerprint density at radius 3 is 2.62 bits per heavy atom. The SMILES string of the molecule is CC(O)(CNC(=O)NCCOc1ccccc1)c1cc2ccccc2s1. The highest BCUT2D eigenvalue weighted by Crippen LogP contribution is 2.32. The van der Waals surface area contributed by atoms with Crippen molar-refractivity contribution < 1.29 is 14.6 Å². The first-order valence-corrected chi connectivity index (χ1v) is 9.27. The third kappa shape index (κ3) is 4.74. The van der Waals surface area contributed by atoms with Crippen molar-refractivity contribution >= 4 is 27.5 Å². The van der Waals surface area contributed by atoms with E-state index >= 15 is 0 Å². The van der Waals surface area contributed by atoms with Crippen molar-refractivity contribution in [2.24, 2.45) is 0 Å². The molecule has 0 aliphatic heterocycles. The number of hydrogen-bond donors (Lipinski definition) is 3. The molecule has 0 aliphatic rings. The summed E-state index contributed by atoms with van der Waals surface area (Å²) in [5, 5.41) is 17.2. The van der Waals surface area contributed by atoms with Crippen molar-refractivity contribution in [1.29, 1.82) is 0 Å². The van der Waals surface area contributed by atoms with Gasteiger partial charge in [0.15, 0.2) is 0 Å². The van der Waals surface area contributed by atoms with Crippen LogP contribution in [0.1, 0.15) is 11.8 Å². The predicted molar refractivity (Wildman–Crippen MR) is 105 cm³/mol. The lowest BCUT2D eigenvalue weighted by Crippen LogP contribution is -2.44. The van der Waals surface area contributed by atoms with Crippen LogP contribution in [0.3, 0.4) is 0 Å². The zero-order valence-electron chi connectivity index (χ0n) is 14.6. The normalized spacial score (nSPS) is 13.2. The molecular formula is C20H22N2O3S. The number of carbonyl (C=O) groups is 1. The number of rotatable bonds is 7. The molecule has 3 N–H and O–H groups in total. The molecule has 2 aromatic carbocycles. The van der Waals surface area contributed by atoms with Gasteiger partial charge in [0, 0.05) is 9.58 Å². The van der Waals surface area contributed by atoms with Crippen molar-refractivity contribution in [2.75, 3.05) is 19.7 Å². The van der Waals surface area contributed by atoms with Crippen LogP contribution in [-0.2, 0) is 5.60 Å². The predicted octanol–water partition coefficient (Wildman–Crippen LogP) is 3.49. The first-order valence-electron chi connectivity index (χ1n) is 8.45. The average Bonchev–Trinajstić information content (AvgIpc) is 3.10. The van der Waals surface area contributed by atoms with Crippen molar-refractivity contribution in [3.63, 3.8) is 0 Å². The van der Waals surface area contributed by atoms with Gasteiger partial charge in [0.25, 0.3) is 0 Å². The average molecular weight is 370 g/mol. The van der Waals surface area contributed by atoms with Crippen molar-refractivity contribution in [3.8, 4) is 5.75 Å². The maximum Gasteiger partial charge on any atom is 0.315 e. The molecule has 0 spiro atoms. The van der Waals surface area contributed by atoms with Gasteiger partial charge in [-0.05, 0) is 36.6 Å². The summed E-state index contributed by atoms with van der Waals surface area (Å²) < 4.78 is 6.63. The van der Waals surface area contributed by atoms with Gasteiger partial charge in [-0.15, -0.1) is 11.3 Å². The molecule has 136 valence electrons. The zero-order valence-corrected chi connectivity index (χ0v) is 15.4. The maximum absolute atomic E-state index is 11.9. The summed E-state index contributed by atoms with van der Waals surface area (Å²) in [7, 11) is 0. The molecule has 3 aromatic rings. The first kappa shape index (κ1) is 18.2. The van der Waals surface area contributed by atoms with Gasteiger partial charge in [-0.3, -0.25) is 0 Å². The fourth-order valence-electron chi connectivity index (χ4n) is 2.50. The van der Waals surface area contributed by atoms with Crippen LogP contribution in [0.5, 0.6) is 5.75 Å². The molecule has 0 saturated heterocycles. The fraction of sp³-hybridized carbons (Fsp3) is 0.250. The summed E-state index contributed by atoms with van der Waals surface area (Å²) in [5.41, 5.74) is -1.12. The molecule has 1 unspecified atom stereocenters. The molecule has 26 heavy (non-hydrogen) atoms. The van der Waals surface area contributed by atoms with Gasteiger partial charge in [-0.1, -0.05) is 36.4 Å². The molecule has 0 aliphatic carbocycles. The molecular weight excluding hydrogens is 348 g/mol. The van der Waals surface area contributed by atoms with Gasteiger partial charge in [0.1, 0.15) is 18.0 Å². The van der Waals surface area contributed by atoms with Gasteiger partial charge >= 0.3 is 6.03 Å². The molecule has 3 rings (SSSR count). The molecule has 0 radical (unpaired) electrons. The Balaban J connectivity index is 1.44. The molecule has 0 bridgehead atoms. The fourth-order valence-corrected chi connectivity index (χ4v) is 3.61. The highest BCUT2D eigenvalue weighted by atomic mass is 32.1. The van der Waals surface area contributed by atoms with Gasteiger partial charge in [0.2, 0.25) is 0 Å². The van der Waals surface area contributed by atoms with E-state index in [1.807, 2.05) is 60.7 Å². The number of urea groups is 1. The van der Waals surface area contributed by atoms with Crippen LogP contribution in [0.25, 0.3) is 10.1 Å². The topological polar surface area (TPSA) is 70.6 Å². The number of ether oxygens (including phenoxy) is 1. The second kappa shape index (κ2) is 8.21. The van der Waals surface area contributed by atoms with Crippen LogP contribution in [0.15, 0.2) is 60.7 Å². The van der Waals surface area contributed by atoms with Crippen LogP contribution < -0.4 is 15.4 Å². The summed E-state index contributed by atoms with van der Waals surface area (Å²) >= 11 is 1.53. The minimum absolute atomic E-state index is 0.130. The number of fused-ring (bicyclic) bond motifs is 1. The van der Waals surface area contributed by atoms with Gasteiger partial charge in [-0.25, -0.2) is 4.79 Å². The van der Waals surface area contributed by atoms with Crippen molar-refractivity contribution in [3.05, 3.63) is 65.5 Å². The highest BCUT2D eigenvalue weighted by Gasteiger charge is 2.26. The van der Waals surface area contributed by atoms with E-state index in [1.54, 1.807) is 6.92 Å². The Morgan fingerprint density at radius 1 is 1.12 bits per heavy atom. The van der Waals surface area contributed by atoms with Crippen LogP contribution in [-0.4, -0.2) is 30.8 Å². The number of aliphatic hydroxyl groups is 1. The molecule has 1 aromatic heterocycles. The summed E-state index contributed by atoms with van der Waals surface area (Å²) in [5.74, 6) is 0.766. The number of benzene rings is 2. The van der Waals surface area contributed by atoms with Crippen molar-refractivity contribution in [1.82, 2.24) is 10.6 Å². The van der Waals surface area contributed by atoms with Crippen LogP contribution in [0.2, 0.25) is 0 Å². The van der Waals surface area contributed by atoms with Crippen LogP contribution in [0, 0.1) is 0 Å². The third-order valence-electron chi connectivity index (χ3n) is 3.95. The Bertz CT molecular complexity index is 829. The second-order valence-electron chi connectivity index (χ2n) is 6.19. The standard InChI is InChI=1S/C20H22N2O3S/c1-20(24,18-13-15-7-5-6-10-17(15)26-18)14-22-19(23)21-11-12-25-16-8-3-2-4-9-16/h2-10,13,24H,11-12,14H2,1H3,(H2,21,22,23). The Labute approximate surface area is 156 Å². The van der Waals surface area contributed by atoms with Crippen LogP contribution >= 0.6 is 11.3 Å².